The molecular formula is C23H22ClN3O. The summed E-state index contributed by atoms with van der Waals surface area (Å²) < 4.78 is 5.84. The van der Waals surface area contributed by atoms with Gasteiger partial charge in [-0.15, -0.1) is 12.4 Å². The molecule has 4 aromatic rings. The number of hydrogen-bond donors (Lipinski definition) is 1. The van der Waals surface area contributed by atoms with E-state index in [1.807, 2.05) is 42.5 Å². The van der Waals surface area contributed by atoms with E-state index in [0.717, 1.165) is 33.7 Å². The van der Waals surface area contributed by atoms with Crippen LogP contribution in [0, 0.1) is 13.8 Å². The van der Waals surface area contributed by atoms with Crippen molar-refractivity contribution in [3.63, 3.8) is 0 Å². The number of ether oxygens (including phenoxy) is 1. The summed E-state index contributed by atoms with van der Waals surface area (Å²) in [4.78, 5) is 8.80. The van der Waals surface area contributed by atoms with Crippen molar-refractivity contribution in [3.8, 4) is 5.75 Å². The third kappa shape index (κ3) is 4.41. The summed E-state index contributed by atoms with van der Waals surface area (Å²) in [5.74, 6) is 1.64. The minimum Gasteiger partial charge on any atom is -0.489 e. The second kappa shape index (κ2) is 8.72. The molecule has 0 fully saturated rings. The summed E-state index contributed by atoms with van der Waals surface area (Å²) in [7, 11) is 0. The molecule has 0 saturated heterocycles. The molecular weight excluding hydrogens is 370 g/mol. The maximum atomic E-state index is 5.84. The fourth-order valence-corrected chi connectivity index (χ4v) is 2.93. The lowest BCUT2D eigenvalue weighted by atomic mass is 10.1. The number of aromatic nitrogens is 2. The zero-order chi connectivity index (χ0) is 18.6. The van der Waals surface area contributed by atoms with E-state index >= 15 is 0 Å². The van der Waals surface area contributed by atoms with Crippen molar-refractivity contribution in [1.29, 1.82) is 0 Å². The maximum Gasteiger partial charge on any atom is 0.141 e. The molecule has 0 saturated carbocycles. The largest absolute Gasteiger partial charge is 0.489 e. The van der Waals surface area contributed by atoms with Gasteiger partial charge in [0.25, 0.3) is 0 Å². The Morgan fingerprint density at radius 3 is 2.32 bits per heavy atom. The highest BCUT2D eigenvalue weighted by Crippen LogP contribution is 2.26. The Morgan fingerprint density at radius 1 is 0.857 bits per heavy atom. The lowest BCUT2D eigenvalue weighted by Gasteiger charge is -2.11. The fraction of sp³-hybridized carbons (Fsp3) is 0.130. The van der Waals surface area contributed by atoms with Gasteiger partial charge < -0.3 is 10.1 Å². The van der Waals surface area contributed by atoms with Crippen LogP contribution in [-0.4, -0.2) is 9.97 Å². The Morgan fingerprint density at radius 2 is 1.57 bits per heavy atom. The lowest BCUT2D eigenvalue weighted by molar-refractivity contribution is 0.306. The van der Waals surface area contributed by atoms with Gasteiger partial charge in [-0.3, -0.25) is 0 Å². The van der Waals surface area contributed by atoms with Crippen molar-refractivity contribution in [1.82, 2.24) is 9.97 Å². The molecule has 0 bridgehead atoms. The molecule has 5 heteroatoms. The van der Waals surface area contributed by atoms with Crippen LogP contribution in [0.25, 0.3) is 10.9 Å². The first-order valence-corrected chi connectivity index (χ1v) is 8.95. The van der Waals surface area contributed by atoms with Gasteiger partial charge in [0.2, 0.25) is 0 Å². The average molecular weight is 392 g/mol. The van der Waals surface area contributed by atoms with Crippen LogP contribution in [0.3, 0.4) is 0 Å². The monoisotopic (exact) mass is 391 g/mol. The number of anilines is 2. The first-order valence-electron chi connectivity index (χ1n) is 8.95. The van der Waals surface area contributed by atoms with Crippen molar-refractivity contribution < 1.29 is 4.74 Å². The number of hydrogen-bond acceptors (Lipinski definition) is 4. The Hall–Kier alpha value is -3.11. The number of halogens is 1. The van der Waals surface area contributed by atoms with Crippen molar-refractivity contribution in [3.05, 3.63) is 89.7 Å². The molecule has 1 N–H and O–H groups in total. The Bertz CT molecular complexity index is 1070. The number of benzene rings is 3. The molecule has 0 amide bonds. The molecule has 4 rings (SSSR count). The predicted octanol–water partition coefficient (Wildman–Crippen LogP) is 5.99. The van der Waals surface area contributed by atoms with Crippen LogP contribution in [-0.2, 0) is 6.61 Å². The van der Waals surface area contributed by atoms with Crippen LogP contribution in [0.1, 0.15) is 16.7 Å². The van der Waals surface area contributed by atoms with Gasteiger partial charge in [0.05, 0.1) is 5.52 Å². The fourth-order valence-electron chi connectivity index (χ4n) is 2.93. The second-order valence-corrected chi connectivity index (χ2v) is 6.60. The smallest absolute Gasteiger partial charge is 0.141 e. The summed E-state index contributed by atoms with van der Waals surface area (Å²) >= 11 is 0. The highest BCUT2D eigenvalue weighted by atomic mass is 35.5. The molecule has 28 heavy (non-hydrogen) atoms. The number of fused-ring (bicyclic) bond motifs is 1. The molecule has 142 valence electrons. The molecule has 0 unspecified atom stereocenters. The first kappa shape index (κ1) is 19.6. The third-order valence-electron chi connectivity index (χ3n) is 4.62. The zero-order valence-corrected chi connectivity index (χ0v) is 16.7. The minimum atomic E-state index is 0. The molecule has 3 aromatic carbocycles. The molecule has 0 aliphatic rings. The van der Waals surface area contributed by atoms with E-state index in [-0.39, 0.29) is 12.4 Å². The quantitative estimate of drug-likeness (QED) is 0.453. The number of aryl methyl sites for hydroxylation is 2. The second-order valence-electron chi connectivity index (χ2n) is 6.60. The molecule has 1 heterocycles. The predicted molar refractivity (Wildman–Crippen MR) is 117 cm³/mol. The Kier molecular flexibility index (Phi) is 6.12. The number of nitrogens with zero attached hydrogens (tertiary/aromatic N) is 2. The number of rotatable bonds is 5. The van der Waals surface area contributed by atoms with Crippen molar-refractivity contribution in [2.75, 3.05) is 5.32 Å². The third-order valence-corrected chi connectivity index (χ3v) is 4.62. The summed E-state index contributed by atoms with van der Waals surface area (Å²) in [5, 5.41) is 4.41. The van der Waals surface area contributed by atoms with Crippen molar-refractivity contribution in [2.45, 2.75) is 20.5 Å². The minimum absolute atomic E-state index is 0. The van der Waals surface area contributed by atoms with Crippen LogP contribution in [0.5, 0.6) is 5.75 Å². The Labute approximate surface area is 171 Å². The van der Waals surface area contributed by atoms with E-state index < -0.39 is 0 Å². The standard InChI is InChI=1S/C23H21N3O.ClH/c1-16-12-21-22(13-17(16)2)24-15-25-23(21)26-19-8-10-20(11-9-19)27-14-18-6-4-3-5-7-18;/h3-13,15H,14H2,1-2H3,(H,24,25,26);1H. The van der Waals surface area contributed by atoms with Gasteiger partial charge in [-0.1, -0.05) is 30.3 Å². The molecule has 0 atom stereocenters. The normalized spacial score (nSPS) is 10.4. The number of nitrogens with one attached hydrogen (secondary N) is 1. The summed E-state index contributed by atoms with van der Waals surface area (Å²) in [6.07, 6.45) is 1.59. The molecule has 0 aliphatic heterocycles. The van der Waals surface area contributed by atoms with Gasteiger partial charge in [0, 0.05) is 11.1 Å². The summed E-state index contributed by atoms with van der Waals surface area (Å²) in [5.41, 5.74) is 5.51. The van der Waals surface area contributed by atoms with Crippen LogP contribution >= 0.6 is 12.4 Å². The topological polar surface area (TPSA) is 47.0 Å². The van der Waals surface area contributed by atoms with Crippen molar-refractivity contribution in [2.24, 2.45) is 0 Å². The molecule has 0 radical (unpaired) electrons. The summed E-state index contributed by atoms with van der Waals surface area (Å²) in [6, 6.07) is 22.3. The van der Waals surface area contributed by atoms with Gasteiger partial charge in [-0.2, -0.15) is 0 Å². The Balaban J connectivity index is 0.00000225. The molecule has 4 nitrogen and oxygen atoms in total. The van der Waals surface area contributed by atoms with Gasteiger partial charge in [0.15, 0.2) is 0 Å². The molecule has 1 aromatic heterocycles. The van der Waals surface area contributed by atoms with Crippen LogP contribution in [0.4, 0.5) is 11.5 Å². The van der Waals surface area contributed by atoms with Gasteiger partial charge in [-0.25, -0.2) is 9.97 Å². The van der Waals surface area contributed by atoms with E-state index in [4.69, 9.17) is 4.74 Å². The highest BCUT2D eigenvalue weighted by molar-refractivity contribution is 5.91. The maximum absolute atomic E-state index is 5.84. The highest BCUT2D eigenvalue weighted by Gasteiger charge is 2.06. The average Bonchev–Trinajstić information content (AvgIpc) is 2.70. The molecule has 0 aliphatic carbocycles. The van der Waals surface area contributed by atoms with E-state index in [9.17, 15) is 0 Å². The van der Waals surface area contributed by atoms with Crippen molar-refractivity contribution >= 4 is 34.8 Å². The van der Waals surface area contributed by atoms with Crippen LogP contribution in [0.2, 0.25) is 0 Å². The van der Waals surface area contributed by atoms with E-state index in [1.54, 1.807) is 6.33 Å². The van der Waals surface area contributed by atoms with E-state index in [1.165, 1.54) is 11.1 Å². The van der Waals surface area contributed by atoms with Crippen LogP contribution < -0.4 is 10.1 Å². The molecule has 0 spiro atoms. The lowest BCUT2D eigenvalue weighted by Crippen LogP contribution is -1.98. The SMILES string of the molecule is Cc1cc2ncnc(Nc3ccc(OCc4ccccc4)cc3)c2cc1C.Cl. The van der Waals surface area contributed by atoms with E-state index in [2.05, 4.69) is 53.4 Å². The van der Waals surface area contributed by atoms with Gasteiger partial charge in [-0.05, 0) is 66.9 Å². The zero-order valence-electron chi connectivity index (χ0n) is 15.8. The summed E-state index contributed by atoms with van der Waals surface area (Å²) in [6.45, 7) is 4.76. The first-order chi connectivity index (χ1) is 13.2. The van der Waals surface area contributed by atoms with Gasteiger partial charge >= 0.3 is 0 Å². The van der Waals surface area contributed by atoms with Crippen LogP contribution in [0.15, 0.2) is 73.1 Å². The van der Waals surface area contributed by atoms with Gasteiger partial charge in [0.1, 0.15) is 24.5 Å². The van der Waals surface area contributed by atoms with E-state index in [0.29, 0.717) is 6.61 Å².